The van der Waals surface area contributed by atoms with E-state index in [4.69, 9.17) is 0 Å². The summed E-state index contributed by atoms with van der Waals surface area (Å²) < 4.78 is 0. The van der Waals surface area contributed by atoms with Gasteiger partial charge >= 0.3 is 0 Å². The predicted octanol–water partition coefficient (Wildman–Crippen LogP) is 2.00. The van der Waals surface area contributed by atoms with E-state index in [9.17, 15) is 4.79 Å². The van der Waals surface area contributed by atoms with E-state index in [0.717, 1.165) is 25.5 Å². The second-order valence-corrected chi connectivity index (χ2v) is 5.75. The molecular formula is C14H19N3OS. The summed E-state index contributed by atoms with van der Waals surface area (Å²) in [7, 11) is 4.11. The van der Waals surface area contributed by atoms with Gasteiger partial charge in [-0.3, -0.25) is 4.79 Å². The molecule has 0 saturated carbocycles. The second-order valence-electron chi connectivity index (χ2n) is 4.71. The lowest BCUT2D eigenvalue weighted by molar-refractivity contribution is 0.412. The molecule has 4 nitrogen and oxygen atoms in total. The van der Waals surface area contributed by atoms with Crippen LogP contribution in [0.15, 0.2) is 40.6 Å². The van der Waals surface area contributed by atoms with Gasteiger partial charge in [0, 0.05) is 36.3 Å². The molecule has 19 heavy (non-hydrogen) atoms. The second kappa shape index (κ2) is 6.54. The van der Waals surface area contributed by atoms with Crippen molar-refractivity contribution in [1.29, 1.82) is 0 Å². The Hall–Kier alpha value is -1.59. The normalized spacial score (nSPS) is 10.9. The van der Waals surface area contributed by atoms with Crippen LogP contribution < -0.4 is 10.3 Å². The van der Waals surface area contributed by atoms with E-state index >= 15 is 0 Å². The minimum atomic E-state index is 0.0368. The van der Waals surface area contributed by atoms with Gasteiger partial charge in [-0.25, -0.2) is 0 Å². The van der Waals surface area contributed by atoms with Crippen molar-refractivity contribution >= 4 is 17.2 Å². The highest BCUT2D eigenvalue weighted by Gasteiger charge is 2.09. The minimum Gasteiger partial charge on any atom is -0.352 e. The fourth-order valence-electron chi connectivity index (χ4n) is 1.81. The van der Waals surface area contributed by atoms with Crippen molar-refractivity contribution in [2.75, 3.05) is 32.1 Å². The summed E-state index contributed by atoms with van der Waals surface area (Å²) in [6.45, 7) is 2.65. The van der Waals surface area contributed by atoms with Crippen LogP contribution >= 0.6 is 11.3 Å². The molecule has 0 aliphatic carbocycles. The van der Waals surface area contributed by atoms with Crippen LogP contribution in [0.3, 0.4) is 0 Å². The maximum atomic E-state index is 11.5. The van der Waals surface area contributed by atoms with E-state index in [1.807, 2.05) is 0 Å². The number of aromatic nitrogens is 1. The first-order valence-electron chi connectivity index (χ1n) is 6.26. The topological polar surface area (TPSA) is 39.3 Å². The summed E-state index contributed by atoms with van der Waals surface area (Å²) in [6, 6.07) is 7.37. The molecule has 0 fully saturated rings. The Morgan fingerprint density at radius 1 is 1.26 bits per heavy atom. The number of likely N-dealkylation sites (N-methyl/N-ethyl adjacent to an activating group) is 1. The molecule has 2 rings (SSSR count). The number of thiophene rings is 1. The number of hydrogen-bond donors (Lipinski definition) is 1. The van der Waals surface area contributed by atoms with Gasteiger partial charge in [-0.2, -0.15) is 0 Å². The fraction of sp³-hybridized carbons (Fsp3) is 0.357. The van der Waals surface area contributed by atoms with Crippen molar-refractivity contribution in [2.24, 2.45) is 0 Å². The van der Waals surface area contributed by atoms with Crippen molar-refractivity contribution in [3.05, 3.63) is 50.9 Å². The molecule has 2 aromatic rings. The Kier molecular flexibility index (Phi) is 4.76. The highest BCUT2D eigenvalue weighted by molar-refractivity contribution is 7.09. The number of hydrogen-bond acceptors (Lipinski definition) is 4. The molecule has 1 N–H and O–H groups in total. The Balaban J connectivity index is 2.15. The highest BCUT2D eigenvalue weighted by atomic mass is 32.1. The highest BCUT2D eigenvalue weighted by Crippen LogP contribution is 2.16. The standard InChI is InChI=1S/C14H19N3OS/c1-16(2)7-8-17(11-13-4-3-9-19-13)14-10-12(18)5-6-15-14/h3-6,9-10H,7-8,11H2,1-2H3,(H,15,18). The van der Waals surface area contributed by atoms with Crippen LogP contribution in [0.1, 0.15) is 4.88 Å². The predicted molar refractivity (Wildman–Crippen MR) is 81.0 cm³/mol. The molecule has 0 amide bonds. The number of nitrogens with one attached hydrogen (secondary N) is 1. The van der Waals surface area contributed by atoms with E-state index in [1.165, 1.54) is 4.88 Å². The SMILES string of the molecule is CN(C)CCN(Cc1cccs1)c1cc(=O)cc[nH]1. The lowest BCUT2D eigenvalue weighted by Gasteiger charge is -2.25. The molecule has 0 aromatic carbocycles. The van der Waals surface area contributed by atoms with Crippen LogP contribution in [0, 0.1) is 0 Å². The van der Waals surface area contributed by atoms with Gasteiger partial charge in [0.2, 0.25) is 0 Å². The van der Waals surface area contributed by atoms with Crippen molar-refractivity contribution in [3.63, 3.8) is 0 Å². The Labute approximate surface area is 117 Å². The summed E-state index contributed by atoms with van der Waals surface area (Å²) in [6.07, 6.45) is 1.70. The monoisotopic (exact) mass is 277 g/mol. The third-order valence-corrected chi connectivity index (χ3v) is 3.70. The van der Waals surface area contributed by atoms with Crippen LogP contribution in [0.25, 0.3) is 0 Å². The zero-order valence-electron chi connectivity index (χ0n) is 11.3. The first kappa shape index (κ1) is 13.8. The van der Waals surface area contributed by atoms with Gasteiger partial charge in [-0.1, -0.05) is 6.07 Å². The van der Waals surface area contributed by atoms with Crippen LogP contribution in [-0.2, 0) is 6.54 Å². The van der Waals surface area contributed by atoms with E-state index in [1.54, 1.807) is 29.7 Å². The molecule has 5 heteroatoms. The largest absolute Gasteiger partial charge is 0.352 e. The molecule has 0 saturated heterocycles. The van der Waals surface area contributed by atoms with Gasteiger partial charge in [0.25, 0.3) is 0 Å². The zero-order valence-corrected chi connectivity index (χ0v) is 12.1. The lowest BCUT2D eigenvalue weighted by atomic mass is 10.3. The van der Waals surface area contributed by atoms with Gasteiger partial charge in [0.1, 0.15) is 5.82 Å². The fourth-order valence-corrected chi connectivity index (χ4v) is 2.53. The number of anilines is 1. The Bertz CT molecular complexity index is 548. The van der Waals surface area contributed by atoms with E-state index in [-0.39, 0.29) is 5.43 Å². The third kappa shape index (κ3) is 4.22. The molecule has 0 aliphatic rings. The molecule has 0 atom stereocenters. The maximum Gasteiger partial charge on any atom is 0.183 e. The molecule has 0 bridgehead atoms. The van der Waals surface area contributed by atoms with Crippen molar-refractivity contribution < 1.29 is 0 Å². The Morgan fingerprint density at radius 3 is 2.74 bits per heavy atom. The summed E-state index contributed by atoms with van der Waals surface area (Å²) in [4.78, 5) is 20.3. The molecular weight excluding hydrogens is 258 g/mol. The number of H-pyrrole nitrogens is 1. The third-order valence-electron chi connectivity index (χ3n) is 2.84. The average Bonchev–Trinajstić information content (AvgIpc) is 2.87. The summed E-state index contributed by atoms with van der Waals surface area (Å²) >= 11 is 1.74. The van der Waals surface area contributed by atoms with Crippen LogP contribution in [0.2, 0.25) is 0 Å². The van der Waals surface area contributed by atoms with Crippen LogP contribution in [0.4, 0.5) is 5.82 Å². The molecule has 2 aromatic heterocycles. The molecule has 0 unspecified atom stereocenters. The van der Waals surface area contributed by atoms with Crippen molar-refractivity contribution in [3.8, 4) is 0 Å². The number of aromatic amines is 1. The average molecular weight is 277 g/mol. The summed E-state index contributed by atoms with van der Waals surface area (Å²) in [5.74, 6) is 0.878. The molecule has 0 aliphatic heterocycles. The molecule has 0 spiro atoms. The van der Waals surface area contributed by atoms with Crippen LogP contribution in [-0.4, -0.2) is 37.1 Å². The van der Waals surface area contributed by atoms with E-state index < -0.39 is 0 Å². The van der Waals surface area contributed by atoms with Gasteiger partial charge in [0.15, 0.2) is 5.43 Å². The maximum absolute atomic E-state index is 11.5. The Morgan fingerprint density at radius 2 is 2.11 bits per heavy atom. The molecule has 0 radical (unpaired) electrons. The molecule has 2 heterocycles. The van der Waals surface area contributed by atoms with Crippen molar-refractivity contribution in [2.45, 2.75) is 6.54 Å². The smallest absolute Gasteiger partial charge is 0.183 e. The van der Waals surface area contributed by atoms with Crippen molar-refractivity contribution in [1.82, 2.24) is 9.88 Å². The lowest BCUT2D eigenvalue weighted by Crippen LogP contribution is -2.32. The van der Waals surface area contributed by atoms with Gasteiger partial charge < -0.3 is 14.8 Å². The summed E-state index contributed by atoms with van der Waals surface area (Å²) in [5.41, 5.74) is 0.0368. The quantitative estimate of drug-likeness (QED) is 0.878. The minimum absolute atomic E-state index is 0.0368. The first-order chi connectivity index (χ1) is 9.15. The summed E-state index contributed by atoms with van der Waals surface area (Å²) in [5, 5.41) is 2.08. The number of pyridine rings is 1. The van der Waals surface area contributed by atoms with E-state index in [0.29, 0.717) is 0 Å². The van der Waals surface area contributed by atoms with Crippen LogP contribution in [0.5, 0.6) is 0 Å². The molecule has 102 valence electrons. The van der Waals surface area contributed by atoms with Gasteiger partial charge in [-0.05, 0) is 25.5 Å². The van der Waals surface area contributed by atoms with E-state index in [2.05, 4.69) is 46.4 Å². The van der Waals surface area contributed by atoms with Gasteiger partial charge in [0.05, 0.1) is 6.54 Å². The zero-order chi connectivity index (χ0) is 13.7. The first-order valence-corrected chi connectivity index (χ1v) is 7.14. The number of nitrogens with zero attached hydrogens (tertiary/aromatic N) is 2. The number of rotatable bonds is 6. The van der Waals surface area contributed by atoms with Gasteiger partial charge in [-0.15, -0.1) is 11.3 Å².